The van der Waals surface area contributed by atoms with E-state index in [4.69, 9.17) is 16.3 Å². The number of esters is 1. The van der Waals surface area contributed by atoms with E-state index in [0.29, 0.717) is 5.56 Å². The van der Waals surface area contributed by atoms with Gasteiger partial charge in [0.1, 0.15) is 0 Å². The lowest BCUT2D eigenvalue weighted by Gasteiger charge is -2.39. The number of rotatable bonds is 8. The number of nitrogens with zero attached hydrogens (tertiary/aromatic N) is 2. The van der Waals surface area contributed by atoms with E-state index in [2.05, 4.69) is 52.3 Å². The molecule has 1 fully saturated rings. The van der Waals surface area contributed by atoms with Crippen LogP contribution in [0.4, 0.5) is 0 Å². The topological polar surface area (TPSA) is 32.8 Å². The fourth-order valence-electron chi connectivity index (χ4n) is 4.30. The maximum absolute atomic E-state index is 12.0. The summed E-state index contributed by atoms with van der Waals surface area (Å²) in [6.07, 6.45) is 0. The van der Waals surface area contributed by atoms with Gasteiger partial charge in [-0.05, 0) is 35.4 Å². The molecular weight excluding hydrogens is 452 g/mol. The van der Waals surface area contributed by atoms with Gasteiger partial charge in [-0.25, -0.2) is 4.79 Å². The highest BCUT2D eigenvalue weighted by atomic mass is 35.5. The van der Waals surface area contributed by atoms with Crippen molar-refractivity contribution in [3.8, 4) is 0 Å². The lowest BCUT2D eigenvalue weighted by molar-refractivity contribution is 0.0597. The smallest absolute Gasteiger partial charge is 0.338 e. The molecule has 3 aromatic carbocycles. The second kappa shape index (κ2) is 11.7. The summed E-state index contributed by atoms with van der Waals surface area (Å²) in [5.74, 6) is 0.661. The minimum Gasteiger partial charge on any atom is -0.465 e. The van der Waals surface area contributed by atoms with Gasteiger partial charge in [0, 0.05) is 48.4 Å². The molecule has 1 atom stereocenters. The summed E-state index contributed by atoms with van der Waals surface area (Å²) < 4.78 is 4.91. The molecule has 0 N–H and O–H groups in total. The molecule has 0 bridgehead atoms. The molecule has 0 saturated carbocycles. The molecule has 0 amide bonds. The number of ether oxygens (including phenoxy) is 1. The molecule has 1 aliphatic rings. The maximum atomic E-state index is 12.0. The van der Waals surface area contributed by atoms with Gasteiger partial charge in [0.15, 0.2) is 0 Å². The SMILES string of the molecule is COC(=O)c1ccccc1SCCN1CCN(C(c2ccccc2)c2ccc(Cl)cc2)CC1. The van der Waals surface area contributed by atoms with Crippen LogP contribution in [0.5, 0.6) is 0 Å². The molecular formula is C27H29ClN2O2S. The highest BCUT2D eigenvalue weighted by Gasteiger charge is 2.26. The Hall–Kier alpha value is -2.31. The molecule has 4 nitrogen and oxygen atoms in total. The largest absolute Gasteiger partial charge is 0.465 e. The first-order valence-corrected chi connectivity index (χ1v) is 12.6. The number of carbonyl (C=O) groups is 1. The summed E-state index contributed by atoms with van der Waals surface area (Å²) in [6.45, 7) is 5.05. The van der Waals surface area contributed by atoms with Gasteiger partial charge in [-0.2, -0.15) is 0 Å². The van der Waals surface area contributed by atoms with Gasteiger partial charge in [0.25, 0.3) is 0 Å². The van der Waals surface area contributed by atoms with Gasteiger partial charge in [-0.3, -0.25) is 9.80 Å². The monoisotopic (exact) mass is 480 g/mol. The van der Waals surface area contributed by atoms with E-state index in [1.807, 2.05) is 36.4 Å². The molecule has 1 unspecified atom stereocenters. The fraction of sp³-hybridized carbons (Fsp3) is 0.296. The molecule has 0 radical (unpaired) electrons. The minimum atomic E-state index is -0.277. The second-order valence-corrected chi connectivity index (χ2v) is 9.65. The van der Waals surface area contributed by atoms with Crippen molar-refractivity contribution < 1.29 is 9.53 Å². The lowest BCUT2D eigenvalue weighted by Crippen LogP contribution is -2.48. The molecule has 6 heteroatoms. The molecule has 1 heterocycles. The number of piperazine rings is 1. The molecule has 1 aliphatic heterocycles. The Morgan fingerprint density at radius 3 is 2.24 bits per heavy atom. The summed E-state index contributed by atoms with van der Waals surface area (Å²) >= 11 is 7.87. The number of thioether (sulfide) groups is 1. The van der Waals surface area contributed by atoms with Gasteiger partial charge in [-0.15, -0.1) is 11.8 Å². The fourth-order valence-corrected chi connectivity index (χ4v) is 5.47. The Morgan fingerprint density at radius 1 is 0.909 bits per heavy atom. The minimum absolute atomic E-state index is 0.229. The summed E-state index contributed by atoms with van der Waals surface area (Å²) in [5, 5.41) is 0.765. The van der Waals surface area contributed by atoms with E-state index in [0.717, 1.165) is 48.4 Å². The molecule has 0 aliphatic carbocycles. The first kappa shape index (κ1) is 23.8. The van der Waals surface area contributed by atoms with E-state index in [9.17, 15) is 4.79 Å². The van der Waals surface area contributed by atoms with Gasteiger partial charge in [0.2, 0.25) is 0 Å². The van der Waals surface area contributed by atoms with Gasteiger partial charge in [0.05, 0.1) is 18.7 Å². The number of carbonyl (C=O) groups excluding carboxylic acids is 1. The van der Waals surface area contributed by atoms with E-state index in [1.165, 1.54) is 18.2 Å². The van der Waals surface area contributed by atoms with Crippen molar-refractivity contribution in [2.24, 2.45) is 0 Å². The van der Waals surface area contributed by atoms with E-state index in [-0.39, 0.29) is 12.0 Å². The Morgan fingerprint density at radius 2 is 1.55 bits per heavy atom. The third-order valence-electron chi connectivity index (χ3n) is 6.03. The third-order valence-corrected chi connectivity index (χ3v) is 7.34. The molecule has 0 aromatic heterocycles. The maximum Gasteiger partial charge on any atom is 0.338 e. The van der Waals surface area contributed by atoms with Crippen molar-refractivity contribution in [1.29, 1.82) is 0 Å². The number of methoxy groups -OCH3 is 1. The van der Waals surface area contributed by atoms with E-state index in [1.54, 1.807) is 11.8 Å². The molecule has 3 aromatic rings. The van der Waals surface area contributed by atoms with Crippen LogP contribution in [0.25, 0.3) is 0 Å². The van der Waals surface area contributed by atoms with Crippen molar-refractivity contribution >= 4 is 29.3 Å². The van der Waals surface area contributed by atoms with Crippen molar-refractivity contribution in [3.05, 3.63) is 101 Å². The molecule has 1 saturated heterocycles. The number of halogens is 1. The first-order chi connectivity index (χ1) is 16.2. The Labute approximate surface area is 205 Å². The lowest BCUT2D eigenvalue weighted by atomic mass is 9.96. The predicted octanol–water partition coefficient (Wildman–Crippen LogP) is 5.63. The van der Waals surface area contributed by atoms with Gasteiger partial charge < -0.3 is 4.74 Å². The molecule has 33 heavy (non-hydrogen) atoms. The Bertz CT molecular complexity index is 1040. The number of hydrogen-bond acceptors (Lipinski definition) is 5. The summed E-state index contributed by atoms with van der Waals surface area (Å²) in [6, 6.07) is 26.8. The van der Waals surface area contributed by atoms with Crippen molar-refractivity contribution in [2.75, 3.05) is 45.6 Å². The van der Waals surface area contributed by atoms with Crippen molar-refractivity contribution in [1.82, 2.24) is 9.80 Å². The number of benzene rings is 3. The van der Waals surface area contributed by atoms with Gasteiger partial charge >= 0.3 is 5.97 Å². The van der Waals surface area contributed by atoms with Crippen LogP contribution in [-0.2, 0) is 4.74 Å². The zero-order chi connectivity index (χ0) is 23.0. The van der Waals surface area contributed by atoms with E-state index >= 15 is 0 Å². The van der Waals surface area contributed by atoms with Crippen LogP contribution in [0.1, 0.15) is 27.5 Å². The van der Waals surface area contributed by atoms with E-state index < -0.39 is 0 Å². The van der Waals surface area contributed by atoms with Crippen LogP contribution in [0.2, 0.25) is 5.02 Å². The summed E-state index contributed by atoms with van der Waals surface area (Å²) in [7, 11) is 1.43. The average Bonchev–Trinajstić information content (AvgIpc) is 2.87. The number of hydrogen-bond donors (Lipinski definition) is 0. The quantitative estimate of drug-likeness (QED) is 0.308. The summed E-state index contributed by atoms with van der Waals surface area (Å²) in [5.41, 5.74) is 3.22. The zero-order valence-corrected chi connectivity index (χ0v) is 20.4. The first-order valence-electron chi connectivity index (χ1n) is 11.2. The van der Waals surface area contributed by atoms with Crippen LogP contribution < -0.4 is 0 Å². The molecule has 172 valence electrons. The normalized spacial score (nSPS) is 15.8. The Kier molecular flexibility index (Phi) is 8.46. The molecule has 0 spiro atoms. The highest BCUT2D eigenvalue weighted by molar-refractivity contribution is 7.99. The van der Waals surface area contributed by atoms with Gasteiger partial charge in [-0.1, -0.05) is 66.2 Å². The summed E-state index contributed by atoms with van der Waals surface area (Å²) in [4.78, 5) is 18.0. The van der Waals surface area contributed by atoms with Crippen LogP contribution >= 0.6 is 23.4 Å². The van der Waals surface area contributed by atoms with Crippen LogP contribution in [0.3, 0.4) is 0 Å². The Balaban J connectivity index is 1.35. The average molecular weight is 481 g/mol. The van der Waals surface area contributed by atoms with Crippen LogP contribution in [-0.4, -0.2) is 61.4 Å². The van der Waals surface area contributed by atoms with Crippen molar-refractivity contribution in [2.45, 2.75) is 10.9 Å². The van der Waals surface area contributed by atoms with Crippen LogP contribution in [0, 0.1) is 0 Å². The predicted molar refractivity (Wildman–Crippen MR) is 136 cm³/mol. The molecule has 4 rings (SSSR count). The third kappa shape index (κ3) is 6.18. The van der Waals surface area contributed by atoms with Crippen LogP contribution in [0.15, 0.2) is 83.8 Å². The highest BCUT2D eigenvalue weighted by Crippen LogP contribution is 2.30. The second-order valence-electron chi connectivity index (χ2n) is 8.08. The zero-order valence-electron chi connectivity index (χ0n) is 18.8. The van der Waals surface area contributed by atoms with Crippen molar-refractivity contribution in [3.63, 3.8) is 0 Å². The standard InChI is InChI=1S/C27H29ClN2O2S/c1-32-27(31)24-9-5-6-10-25(24)33-20-19-29-15-17-30(18-16-29)26(21-7-3-2-4-8-21)22-11-13-23(28)14-12-22/h2-14,26H,15-20H2,1H3.